The van der Waals surface area contributed by atoms with E-state index < -0.39 is 23.0 Å². The molecule has 0 fully saturated rings. The van der Waals surface area contributed by atoms with Crippen molar-refractivity contribution in [3.8, 4) is 0 Å². The quantitative estimate of drug-likeness (QED) is 0.787. The molecule has 0 N–H and O–H groups in total. The Labute approximate surface area is 115 Å². The molecule has 20 heavy (non-hydrogen) atoms. The minimum absolute atomic E-state index is 0.0628. The highest BCUT2D eigenvalue weighted by molar-refractivity contribution is 5.98. The first kappa shape index (κ1) is 14.3. The molecule has 0 spiro atoms. The van der Waals surface area contributed by atoms with Gasteiger partial charge >= 0.3 is 0 Å². The van der Waals surface area contributed by atoms with Crippen LogP contribution in [0, 0.1) is 11.6 Å². The Balaban J connectivity index is 2.04. The maximum Gasteiger partial charge on any atom is 0.182 e. The first-order valence-corrected chi connectivity index (χ1v) is 6.12. The van der Waals surface area contributed by atoms with Gasteiger partial charge in [-0.25, -0.2) is 8.78 Å². The second-order valence-electron chi connectivity index (χ2n) is 4.55. The van der Waals surface area contributed by atoms with Crippen LogP contribution in [0.2, 0.25) is 0 Å². The van der Waals surface area contributed by atoms with Gasteiger partial charge < -0.3 is 0 Å². The Morgan fingerprint density at radius 2 is 1.90 bits per heavy atom. The largest absolute Gasteiger partial charge is 0.295 e. The highest BCUT2D eigenvalue weighted by atomic mass is 19.1. The van der Waals surface area contributed by atoms with Gasteiger partial charge in [0, 0.05) is 18.9 Å². The Morgan fingerprint density at radius 1 is 1.20 bits per heavy atom. The molecule has 0 amide bonds. The molecule has 0 aliphatic rings. The van der Waals surface area contributed by atoms with Gasteiger partial charge in [0.1, 0.15) is 11.6 Å². The summed E-state index contributed by atoms with van der Waals surface area (Å²) in [7, 11) is 1.71. The van der Waals surface area contributed by atoms with E-state index in [-0.39, 0.29) is 6.54 Å². The molecule has 1 aromatic carbocycles. The SMILES string of the molecule is CN(CC(=O)c1c(F)cccc1F)Cc1cccnc1. The monoisotopic (exact) mass is 276 g/mol. The number of Topliss-reactive ketones (excluding diaryl/α,β-unsaturated/α-hetero) is 1. The summed E-state index contributed by atoms with van der Waals surface area (Å²) in [5, 5.41) is 0. The maximum atomic E-state index is 13.5. The van der Waals surface area contributed by atoms with Crippen LogP contribution in [-0.4, -0.2) is 29.3 Å². The van der Waals surface area contributed by atoms with Crippen LogP contribution in [0.5, 0.6) is 0 Å². The van der Waals surface area contributed by atoms with Crippen molar-refractivity contribution in [2.24, 2.45) is 0 Å². The van der Waals surface area contributed by atoms with E-state index in [1.54, 1.807) is 30.4 Å². The van der Waals surface area contributed by atoms with E-state index in [1.165, 1.54) is 6.07 Å². The molecule has 5 heteroatoms. The summed E-state index contributed by atoms with van der Waals surface area (Å²) in [6.45, 7) is 0.419. The number of carbonyl (C=O) groups excluding carboxylic acids is 1. The van der Waals surface area contributed by atoms with Gasteiger partial charge in [-0.2, -0.15) is 0 Å². The van der Waals surface area contributed by atoms with Gasteiger partial charge in [0.25, 0.3) is 0 Å². The van der Waals surface area contributed by atoms with Crippen LogP contribution >= 0.6 is 0 Å². The van der Waals surface area contributed by atoms with Crippen LogP contribution in [0.25, 0.3) is 0 Å². The predicted molar refractivity (Wildman–Crippen MR) is 71.3 cm³/mol. The standard InChI is InChI=1S/C15H14F2N2O/c1-19(9-11-4-3-7-18-8-11)10-14(20)15-12(16)5-2-6-13(15)17/h2-8H,9-10H2,1H3. The number of likely N-dealkylation sites (N-methyl/N-ethyl adjacent to an activating group) is 1. The van der Waals surface area contributed by atoms with Gasteiger partial charge in [-0.1, -0.05) is 12.1 Å². The number of rotatable bonds is 5. The third kappa shape index (κ3) is 3.45. The number of carbonyl (C=O) groups is 1. The number of nitrogens with zero attached hydrogens (tertiary/aromatic N) is 2. The Morgan fingerprint density at radius 3 is 2.50 bits per heavy atom. The van der Waals surface area contributed by atoms with Crippen LogP contribution in [0.1, 0.15) is 15.9 Å². The zero-order valence-electron chi connectivity index (χ0n) is 11.0. The van der Waals surface area contributed by atoms with E-state index in [1.807, 2.05) is 6.07 Å². The number of hydrogen-bond acceptors (Lipinski definition) is 3. The van der Waals surface area contributed by atoms with Gasteiger partial charge in [-0.05, 0) is 30.8 Å². The van der Waals surface area contributed by atoms with Crippen molar-refractivity contribution < 1.29 is 13.6 Å². The van der Waals surface area contributed by atoms with Crippen LogP contribution in [0.15, 0.2) is 42.7 Å². The van der Waals surface area contributed by atoms with Gasteiger partial charge in [0.05, 0.1) is 12.1 Å². The second kappa shape index (κ2) is 6.34. The first-order valence-electron chi connectivity index (χ1n) is 6.12. The molecular formula is C15H14F2N2O. The van der Waals surface area contributed by atoms with Crippen LogP contribution in [0.4, 0.5) is 8.78 Å². The third-order valence-electron chi connectivity index (χ3n) is 2.83. The van der Waals surface area contributed by atoms with Crippen molar-refractivity contribution in [3.63, 3.8) is 0 Å². The summed E-state index contributed by atoms with van der Waals surface area (Å²) in [6, 6.07) is 7.06. The summed E-state index contributed by atoms with van der Waals surface area (Å²) < 4.78 is 27.0. The zero-order valence-corrected chi connectivity index (χ0v) is 11.0. The summed E-state index contributed by atoms with van der Waals surface area (Å²) in [5.41, 5.74) is 0.447. The molecule has 0 saturated heterocycles. The Kier molecular flexibility index (Phi) is 4.53. The molecule has 1 aromatic heterocycles. The van der Waals surface area contributed by atoms with Gasteiger partial charge in [-0.15, -0.1) is 0 Å². The molecule has 0 atom stereocenters. The van der Waals surface area contributed by atoms with Gasteiger partial charge in [0.15, 0.2) is 5.78 Å². The summed E-state index contributed by atoms with van der Waals surface area (Å²) in [6.07, 6.45) is 3.34. The lowest BCUT2D eigenvalue weighted by molar-refractivity contribution is 0.0934. The molecular weight excluding hydrogens is 262 g/mol. The number of benzene rings is 1. The topological polar surface area (TPSA) is 33.2 Å². The molecule has 2 aromatic rings. The number of pyridine rings is 1. The van der Waals surface area contributed by atoms with Crippen LogP contribution in [0.3, 0.4) is 0 Å². The van der Waals surface area contributed by atoms with Gasteiger partial charge in [0.2, 0.25) is 0 Å². The number of halogens is 2. The zero-order chi connectivity index (χ0) is 14.5. The Bertz CT molecular complexity index is 582. The first-order chi connectivity index (χ1) is 9.58. The average Bonchev–Trinajstić information content (AvgIpc) is 2.39. The van der Waals surface area contributed by atoms with E-state index in [9.17, 15) is 13.6 Å². The summed E-state index contributed by atoms with van der Waals surface area (Å²) in [5.74, 6) is -2.23. The fourth-order valence-electron chi connectivity index (χ4n) is 1.95. The Hall–Kier alpha value is -2.14. The molecule has 0 aliphatic heterocycles. The predicted octanol–water partition coefficient (Wildman–Crippen LogP) is 2.67. The maximum absolute atomic E-state index is 13.5. The molecule has 0 bridgehead atoms. The minimum atomic E-state index is -0.829. The van der Waals surface area contributed by atoms with Crippen molar-refractivity contribution in [3.05, 3.63) is 65.5 Å². The van der Waals surface area contributed by atoms with Gasteiger partial charge in [-0.3, -0.25) is 14.7 Å². The lowest BCUT2D eigenvalue weighted by atomic mass is 10.1. The second-order valence-corrected chi connectivity index (χ2v) is 4.55. The van der Waals surface area contributed by atoms with Crippen molar-refractivity contribution in [2.45, 2.75) is 6.54 Å². The molecule has 1 heterocycles. The van der Waals surface area contributed by atoms with E-state index in [4.69, 9.17) is 0 Å². The normalized spacial score (nSPS) is 10.8. The van der Waals surface area contributed by atoms with E-state index >= 15 is 0 Å². The molecule has 0 unspecified atom stereocenters. The van der Waals surface area contributed by atoms with Crippen LogP contribution in [-0.2, 0) is 6.54 Å². The van der Waals surface area contributed by atoms with Crippen molar-refractivity contribution >= 4 is 5.78 Å². The number of hydrogen-bond donors (Lipinski definition) is 0. The number of ketones is 1. The highest BCUT2D eigenvalue weighted by Gasteiger charge is 2.18. The summed E-state index contributed by atoms with van der Waals surface area (Å²) >= 11 is 0. The molecule has 3 nitrogen and oxygen atoms in total. The molecule has 0 aliphatic carbocycles. The molecule has 0 radical (unpaired) electrons. The van der Waals surface area contributed by atoms with Crippen molar-refractivity contribution in [1.29, 1.82) is 0 Å². The highest BCUT2D eigenvalue weighted by Crippen LogP contribution is 2.13. The fourth-order valence-corrected chi connectivity index (χ4v) is 1.95. The molecule has 104 valence electrons. The summed E-state index contributed by atoms with van der Waals surface area (Å²) in [4.78, 5) is 17.6. The van der Waals surface area contributed by atoms with E-state index in [0.717, 1.165) is 17.7 Å². The third-order valence-corrected chi connectivity index (χ3v) is 2.83. The van der Waals surface area contributed by atoms with Crippen molar-refractivity contribution in [2.75, 3.05) is 13.6 Å². The lowest BCUT2D eigenvalue weighted by Crippen LogP contribution is -2.26. The smallest absolute Gasteiger partial charge is 0.182 e. The minimum Gasteiger partial charge on any atom is -0.295 e. The number of aromatic nitrogens is 1. The fraction of sp³-hybridized carbons (Fsp3) is 0.200. The van der Waals surface area contributed by atoms with E-state index in [2.05, 4.69) is 4.98 Å². The van der Waals surface area contributed by atoms with Crippen LogP contribution < -0.4 is 0 Å². The van der Waals surface area contributed by atoms with E-state index in [0.29, 0.717) is 6.54 Å². The lowest BCUT2D eigenvalue weighted by Gasteiger charge is -2.16. The average molecular weight is 276 g/mol. The molecule has 2 rings (SSSR count). The van der Waals surface area contributed by atoms with Crippen molar-refractivity contribution in [1.82, 2.24) is 9.88 Å². The molecule has 0 saturated carbocycles.